The van der Waals surface area contributed by atoms with Gasteiger partial charge in [-0.1, -0.05) is 17.7 Å². The third-order valence-electron chi connectivity index (χ3n) is 3.91. The van der Waals surface area contributed by atoms with Crippen LogP contribution in [-0.4, -0.2) is 37.1 Å². The first-order valence-corrected chi connectivity index (χ1v) is 8.09. The fourth-order valence-corrected chi connectivity index (χ4v) is 2.59. The van der Waals surface area contributed by atoms with Crippen LogP contribution in [0.2, 0.25) is 0 Å². The van der Waals surface area contributed by atoms with Gasteiger partial charge in [-0.3, -0.25) is 4.79 Å². The van der Waals surface area contributed by atoms with Crippen LogP contribution in [0.1, 0.15) is 21.5 Å². The third-order valence-corrected chi connectivity index (χ3v) is 3.91. The van der Waals surface area contributed by atoms with E-state index in [4.69, 9.17) is 14.2 Å². The number of aliphatic hydroxyl groups is 1. The van der Waals surface area contributed by atoms with Gasteiger partial charge < -0.3 is 24.6 Å². The summed E-state index contributed by atoms with van der Waals surface area (Å²) in [7, 11) is 0. The van der Waals surface area contributed by atoms with Crippen molar-refractivity contribution in [3.63, 3.8) is 0 Å². The number of benzene rings is 2. The first kappa shape index (κ1) is 17.1. The van der Waals surface area contributed by atoms with Crippen LogP contribution in [-0.2, 0) is 0 Å². The maximum absolute atomic E-state index is 12.2. The average molecular weight is 343 g/mol. The van der Waals surface area contributed by atoms with Crippen LogP contribution in [0.4, 0.5) is 0 Å². The molecular formula is C19H21NO5. The molecule has 1 amide bonds. The Bertz CT molecular complexity index is 774. The van der Waals surface area contributed by atoms with Crippen LogP contribution < -0.4 is 19.5 Å². The summed E-state index contributed by atoms with van der Waals surface area (Å²) in [4.78, 5) is 12.2. The van der Waals surface area contributed by atoms with Gasteiger partial charge in [0, 0.05) is 18.2 Å². The molecule has 3 rings (SSSR count). The summed E-state index contributed by atoms with van der Waals surface area (Å²) in [6, 6.07) is 10.8. The first-order chi connectivity index (χ1) is 12.0. The molecule has 0 bridgehead atoms. The normalized spacial score (nSPS) is 13.4. The monoisotopic (exact) mass is 343 g/mol. The smallest absolute Gasteiger partial charge is 0.251 e. The van der Waals surface area contributed by atoms with E-state index < -0.39 is 6.10 Å². The molecule has 2 N–H and O–H groups in total. The van der Waals surface area contributed by atoms with Crippen molar-refractivity contribution in [2.24, 2.45) is 0 Å². The van der Waals surface area contributed by atoms with Crippen molar-refractivity contribution in [1.29, 1.82) is 0 Å². The predicted molar refractivity (Wildman–Crippen MR) is 92.3 cm³/mol. The molecular weight excluding hydrogens is 322 g/mol. The number of rotatable bonds is 6. The van der Waals surface area contributed by atoms with Gasteiger partial charge in [-0.05, 0) is 37.6 Å². The van der Waals surface area contributed by atoms with E-state index in [1.807, 2.05) is 26.0 Å². The highest BCUT2D eigenvalue weighted by Gasteiger charge is 2.15. The highest BCUT2D eigenvalue weighted by atomic mass is 16.7. The van der Waals surface area contributed by atoms with Gasteiger partial charge in [-0.15, -0.1) is 0 Å². The van der Waals surface area contributed by atoms with Crippen LogP contribution in [0, 0.1) is 13.8 Å². The molecule has 1 aliphatic rings. The number of carbonyl (C=O) groups excluding carboxylic acids is 1. The van der Waals surface area contributed by atoms with Crippen molar-refractivity contribution in [3.05, 3.63) is 53.1 Å². The number of fused-ring (bicyclic) bond motifs is 1. The van der Waals surface area contributed by atoms with Crippen molar-refractivity contribution in [2.45, 2.75) is 20.0 Å². The molecule has 6 heteroatoms. The summed E-state index contributed by atoms with van der Waals surface area (Å²) in [5, 5.41) is 12.7. The fourth-order valence-electron chi connectivity index (χ4n) is 2.59. The van der Waals surface area contributed by atoms with Crippen molar-refractivity contribution in [2.75, 3.05) is 19.9 Å². The fraction of sp³-hybridized carbons (Fsp3) is 0.316. The van der Waals surface area contributed by atoms with Gasteiger partial charge in [0.05, 0.1) is 0 Å². The lowest BCUT2D eigenvalue weighted by Gasteiger charge is -2.14. The van der Waals surface area contributed by atoms with Gasteiger partial charge in [-0.25, -0.2) is 0 Å². The number of ether oxygens (including phenoxy) is 3. The largest absolute Gasteiger partial charge is 0.491 e. The molecule has 132 valence electrons. The van der Waals surface area contributed by atoms with E-state index >= 15 is 0 Å². The van der Waals surface area contributed by atoms with Crippen LogP contribution in [0.5, 0.6) is 17.2 Å². The van der Waals surface area contributed by atoms with Gasteiger partial charge in [0.15, 0.2) is 11.5 Å². The Kier molecular flexibility index (Phi) is 5.09. The Labute approximate surface area is 146 Å². The van der Waals surface area contributed by atoms with E-state index in [0.29, 0.717) is 22.8 Å². The van der Waals surface area contributed by atoms with Crippen LogP contribution in [0.15, 0.2) is 36.4 Å². The molecule has 0 aromatic heterocycles. The molecule has 2 aromatic carbocycles. The molecule has 0 fully saturated rings. The maximum Gasteiger partial charge on any atom is 0.251 e. The second-order valence-electron chi connectivity index (χ2n) is 6.01. The lowest BCUT2D eigenvalue weighted by atomic mass is 10.1. The second kappa shape index (κ2) is 7.44. The van der Waals surface area contributed by atoms with Crippen LogP contribution in [0.3, 0.4) is 0 Å². The van der Waals surface area contributed by atoms with Gasteiger partial charge in [0.25, 0.3) is 5.91 Å². The minimum atomic E-state index is -0.819. The van der Waals surface area contributed by atoms with Crippen molar-refractivity contribution in [3.8, 4) is 17.2 Å². The summed E-state index contributed by atoms with van der Waals surface area (Å²) in [5.41, 5.74) is 2.62. The standard InChI is InChI=1S/C19H21NO5/c1-12-3-5-16(13(2)7-12)19(22)20-9-14(21)10-23-15-4-6-17-18(8-15)25-11-24-17/h3-8,14,21H,9-11H2,1-2H3,(H,20,22). The Morgan fingerprint density at radius 2 is 2.00 bits per heavy atom. The molecule has 0 saturated heterocycles. The topological polar surface area (TPSA) is 77.0 Å². The first-order valence-electron chi connectivity index (χ1n) is 8.09. The van der Waals surface area contributed by atoms with Crippen molar-refractivity contribution in [1.82, 2.24) is 5.32 Å². The Morgan fingerprint density at radius 1 is 1.20 bits per heavy atom. The van der Waals surface area contributed by atoms with E-state index in [2.05, 4.69) is 5.32 Å². The van der Waals surface area contributed by atoms with Crippen molar-refractivity contribution < 1.29 is 24.1 Å². The van der Waals surface area contributed by atoms with E-state index in [1.165, 1.54) is 0 Å². The molecule has 2 aromatic rings. The molecule has 0 spiro atoms. The Balaban J connectivity index is 1.48. The number of aliphatic hydroxyl groups excluding tert-OH is 1. The molecule has 1 aliphatic heterocycles. The SMILES string of the molecule is Cc1ccc(C(=O)NCC(O)COc2ccc3c(c2)OCO3)c(C)c1. The Hall–Kier alpha value is -2.73. The zero-order chi connectivity index (χ0) is 17.8. The molecule has 0 aliphatic carbocycles. The summed E-state index contributed by atoms with van der Waals surface area (Å²) < 4.78 is 16.0. The van der Waals surface area contributed by atoms with E-state index in [-0.39, 0.29) is 25.9 Å². The minimum absolute atomic E-state index is 0.0623. The molecule has 1 heterocycles. The number of amides is 1. The van der Waals surface area contributed by atoms with Gasteiger partial charge in [0.2, 0.25) is 6.79 Å². The molecule has 1 unspecified atom stereocenters. The second-order valence-corrected chi connectivity index (χ2v) is 6.01. The number of carbonyl (C=O) groups is 1. The zero-order valence-corrected chi connectivity index (χ0v) is 14.2. The minimum Gasteiger partial charge on any atom is -0.491 e. The lowest BCUT2D eigenvalue weighted by Crippen LogP contribution is -2.35. The van der Waals surface area contributed by atoms with E-state index in [0.717, 1.165) is 11.1 Å². The molecule has 0 radical (unpaired) electrons. The summed E-state index contributed by atoms with van der Waals surface area (Å²) >= 11 is 0. The number of hydrogen-bond donors (Lipinski definition) is 2. The molecule has 25 heavy (non-hydrogen) atoms. The number of hydrogen-bond acceptors (Lipinski definition) is 5. The quantitative estimate of drug-likeness (QED) is 0.841. The number of nitrogens with one attached hydrogen (secondary N) is 1. The van der Waals surface area contributed by atoms with Crippen molar-refractivity contribution >= 4 is 5.91 Å². The Morgan fingerprint density at radius 3 is 2.80 bits per heavy atom. The average Bonchev–Trinajstić information content (AvgIpc) is 3.05. The highest BCUT2D eigenvalue weighted by Crippen LogP contribution is 2.35. The highest BCUT2D eigenvalue weighted by molar-refractivity contribution is 5.95. The van der Waals surface area contributed by atoms with Crippen LogP contribution >= 0.6 is 0 Å². The van der Waals surface area contributed by atoms with Gasteiger partial charge in [0.1, 0.15) is 18.5 Å². The lowest BCUT2D eigenvalue weighted by molar-refractivity contribution is 0.0843. The predicted octanol–water partition coefficient (Wildman–Crippen LogP) is 2.20. The molecule has 6 nitrogen and oxygen atoms in total. The zero-order valence-electron chi connectivity index (χ0n) is 14.2. The third kappa shape index (κ3) is 4.22. The summed E-state index contributed by atoms with van der Waals surface area (Å²) in [6.45, 7) is 4.24. The van der Waals surface area contributed by atoms with E-state index in [1.54, 1.807) is 24.3 Å². The number of aryl methyl sites for hydroxylation is 2. The molecule has 1 atom stereocenters. The van der Waals surface area contributed by atoms with Crippen LogP contribution in [0.25, 0.3) is 0 Å². The van der Waals surface area contributed by atoms with E-state index in [9.17, 15) is 9.90 Å². The summed E-state index contributed by atoms with van der Waals surface area (Å²) in [5.74, 6) is 1.66. The molecule has 0 saturated carbocycles. The summed E-state index contributed by atoms with van der Waals surface area (Å²) in [6.07, 6.45) is -0.819. The van der Waals surface area contributed by atoms with Gasteiger partial charge >= 0.3 is 0 Å². The maximum atomic E-state index is 12.2. The van der Waals surface area contributed by atoms with Gasteiger partial charge in [-0.2, -0.15) is 0 Å².